The predicted molar refractivity (Wildman–Crippen MR) is 72.2 cm³/mol. The molecule has 0 radical (unpaired) electrons. The van der Waals surface area contributed by atoms with E-state index in [1.165, 1.54) is 0 Å². The minimum atomic E-state index is -0.383. The molecule has 5 nitrogen and oxygen atoms in total. The van der Waals surface area contributed by atoms with Gasteiger partial charge in [0.05, 0.1) is 0 Å². The lowest BCUT2D eigenvalue weighted by atomic mass is 10.1. The first-order valence-corrected chi connectivity index (χ1v) is 5.88. The quantitative estimate of drug-likeness (QED) is 0.769. The maximum Gasteiger partial charge on any atom is 0.237 e. The van der Waals surface area contributed by atoms with Gasteiger partial charge < -0.3 is 10.3 Å². The van der Waals surface area contributed by atoms with Crippen molar-refractivity contribution in [1.82, 2.24) is 14.5 Å². The van der Waals surface area contributed by atoms with Crippen molar-refractivity contribution in [2.45, 2.75) is 6.54 Å². The third-order valence-corrected chi connectivity index (χ3v) is 2.96. The van der Waals surface area contributed by atoms with Gasteiger partial charge in [0.2, 0.25) is 5.91 Å². The Labute approximate surface area is 109 Å². The summed E-state index contributed by atoms with van der Waals surface area (Å²) in [5.41, 5.74) is 8.04. The van der Waals surface area contributed by atoms with Gasteiger partial charge in [-0.1, -0.05) is 6.07 Å². The van der Waals surface area contributed by atoms with Crippen molar-refractivity contribution in [3.8, 4) is 11.1 Å². The van der Waals surface area contributed by atoms with Crippen LogP contribution in [0.25, 0.3) is 22.2 Å². The minimum absolute atomic E-state index is 0.132. The highest BCUT2D eigenvalue weighted by Gasteiger charge is 2.09. The number of rotatable bonds is 3. The summed E-state index contributed by atoms with van der Waals surface area (Å²) in [4.78, 5) is 19.5. The van der Waals surface area contributed by atoms with Gasteiger partial charge in [0, 0.05) is 35.7 Å². The second-order valence-electron chi connectivity index (χ2n) is 4.25. The van der Waals surface area contributed by atoms with Crippen molar-refractivity contribution in [2.24, 2.45) is 5.73 Å². The maximum absolute atomic E-state index is 11.0. The van der Waals surface area contributed by atoms with Gasteiger partial charge in [-0.05, 0) is 23.8 Å². The summed E-state index contributed by atoms with van der Waals surface area (Å²) in [5, 5.41) is 0.983. The van der Waals surface area contributed by atoms with E-state index < -0.39 is 0 Å². The number of primary amides is 1. The van der Waals surface area contributed by atoms with Crippen LogP contribution in [0.2, 0.25) is 0 Å². The Morgan fingerprint density at radius 3 is 2.89 bits per heavy atom. The summed E-state index contributed by atoms with van der Waals surface area (Å²) < 4.78 is 1.75. The van der Waals surface area contributed by atoms with E-state index >= 15 is 0 Å². The topological polar surface area (TPSA) is 73.8 Å². The summed E-state index contributed by atoms with van der Waals surface area (Å²) >= 11 is 0. The molecule has 0 bridgehead atoms. The van der Waals surface area contributed by atoms with E-state index in [2.05, 4.69) is 9.97 Å². The molecule has 0 atom stereocenters. The minimum Gasteiger partial charge on any atom is -0.368 e. The number of carbonyl (C=O) groups is 1. The average Bonchev–Trinajstić information content (AvgIpc) is 2.82. The number of amides is 1. The largest absolute Gasteiger partial charge is 0.368 e. The molecule has 0 saturated heterocycles. The Hall–Kier alpha value is -2.69. The SMILES string of the molecule is NC(=O)Cn1ccc2c(-c3cccnc3)ccnc21. The van der Waals surface area contributed by atoms with Crippen LogP contribution in [0.3, 0.4) is 0 Å². The van der Waals surface area contributed by atoms with E-state index in [-0.39, 0.29) is 12.5 Å². The molecular weight excluding hydrogens is 240 g/mol. The summed E-state index contributed by atoms with van der Waals surface area (Å²) in [7, 11) is 0. The lowest BCUT2D eigenvalue weighted by molar-refractivity contribution is -0.118. The van der Waals surface area contributed by atoms with Crippen LogP contribution in [-0.2, 0) is 11.3 Å². The first kappa shape index (κ1) is 11.4. The van der Waals surface area contributed by atoms with E-state index in [1.807, 2.05) is 30.5 Å². The van der Waals surface area contributed by atoms with E-state index in [0.29, 0.717) is 0 Å². The number of hydrogen-bond donors (Lipinski definition) is 1. The molecule has 0 aliphatic carbocycles. The smallest absolute Gasteiger partial charge is 0.237 e. The van der Waals surface area contributed by atoms with Crippen LogP contribution in [-0.4, -0.2) is 20.4 Å². The molecule has 0 spiro atoms. The number of nitrogens with two attached hydrogens (primary N) is 1. The normalized spacial score (nSPS) is 10.7. The molecule has 0 aliphatic heterocycles. The fourth-order valence-corrected chi connectivity index (χ4v) is 2.16. The number of aromatic nitrogens is 3. The number of carbonyl (C=O) groups excluding carboxylic acids is 1. The number of fused-ring (bicyclic) bond motifs is 1. The zero-order valence-electron chi connectivity index (χ0n) is 10.2. The molecular formula is C14H12N4O. The third kappa shape index (κ3) is 2.06. The zero-order chi connectivity index (χ0) is 13.2. The highest BCUT2D eigenvalue weighted by Crippen LogP contribution is 2.27. The van der Waals surface area contributed by atoms with Gasteiger partial charge in [-0.25, -0.2) is 4.98 Å². The highest BCUT2D eigenvalue weighted by molar-refractivity contribution is 5.93. The molecule has 0 saturated carbocycles. The maximum atomic E-state index is 11.0. The molecule has 5 heteroatoms. The predicted octanol–water partition coefficient (Wildman–Crippen LogP) is 1.58. The summed E-state index contributed by atoms with van der Waals surface area (Å²) in [6.45, 7) is 0.132. The summed E-state index contributed by atoms with van der Waals surface area (Å²) in [6.07, 6.45) is 7.09. The van der Waals surface area contributed by atoms with Gasteiger partial charge in [0.25, 0.3) is 0 Å². The second-order valence-corrected chi connectivity index (χ2v) is 4.25. The Balaban J connectivity index is 2.18. The lowest BCUT2D eigenvalue weighted by Gasteiger charge is -2.04. The molecule has 94 valence electrons. The summed E-state index contributed by atoms with van der Waals surface area (Å²) in [6, 6.07) is 7.76. The van der Waals surface area contributed by atoms with Gasteiger partial charge in [-0.3, -0.25) is 9.78 Å². The van der Waals surface area contributed by atoms with Crippen molar-refractivity contribution in [2.75, 3.05) is 0 Å². The van der Waals surface area contributed by atoms with Gasteiger partial charge in [-0.2, -0.15) is 0 Å². The van der Waals surface area contributed by atoms with Crippen molar-refractivity contribution in [3.05, 3.63) is 49.1 Å². The fourth-order valence-electron chi connectivity index (χ4n) is 2.16. The lowest BCUT2D eigenvalue weighted by Crippen LogP contribution is -2.18. The Morgan fingerprint density at radius 2 is 2.16 bits per heavy atom. The third-order valence-electron chi connectivity index (χ3n) is 2.96. The van der Waals surface area contributed by atoms with Crippen LogP contribution in [0.1, 0.15) is 0 Å². The molecule has 3 rings (SSSR count). The van der Waals surface area contributed by atoms with E-state index in [9.17, 15) is 4.79 Å². The van der Waals surface area contributed by atoms with Crippen LogP contribution in [0, 0.1) is 0 Å². The molecule has 1 amide bonds. The number of pyridine rings is 2. The molecule has 19 heavy (non-hydrogen) atoms. The Morgan fingerprint density at radius 1 is 1.26 bits per heavy atom. The molecule has 0 unspecified atom stereocenters. The number of hydrogen-bond acceptors (Lipinski definition) is 3. The van der Waals surface area contributed by atoms with Gasteiger partial charge in [-0.15, -0.1) is 0 Å². The average molecular weight is 252 g/mol. The van der Waals surface area contributed by atoms with Crippen molar-refractivity contribution in [3.63, 3.8) is 0 Å². The van der Waals surface area contributed by atoms with E-state index in [1.54, 1.807) is 23.2 Å². The van der Waals surface area contributed by atoms with Crippen molar-refractivity contribution >= 4 is 16.9 Å². The first-order valence-electron chi connectivity index (χ1n) is 5.88. The highest BCUT2D eigenvalue weighted by atomic mass is 16.1. The first-order chi connectivity index (χ1) is 9.25. The van der Waals surface area contributed by atoms with Gasteiger partial charge in [0.1, 0.15) is 12.2 Å². The van der Waals surface area contributed by atoms with E-state index in [4.69, 9.17) is 5.73 Å². The Bertz CT molecular complexity index is 734. The molecule has 0 aliphatic rings. The monoisotopic (exact) mass is 252 g/mol. The fraction of sp³-hybridized carbons (Fsp3) is 0.0714. The van der Waals surface area contributed by atoms with Crippen LogP contribution in [0.4, 0.5) is 0 Å². The summed E-state index contributed by atoms with van der Waals surface area (Å²) in [5.74, 6) is -0.383. The van der Waals surface area contributed by atoms with Crippen molar-refractivity contribution in [1.29, 1.82) is 0 Å². The van der Waals surface area contributed by atoms with Crippen LogP contribution < -0.4 is 5.73 Å². The van der Waals surface area contributed by atoms with Gasteiger partial charge >= 0.3 is 0 Å². The Kier molecular flexibility index (Phi) is 2.72. The standard InChI is InChI=1S/C14H12N4O/c15-13(19)9-18-7-4-12-11(3-6-17-14(12)18)10-2-1-5-16-8-10/h1-8H,9H2,(H2,15,19). The van der Waals surface area contributed by atoms with E-state index in [0.717, 1.165) is 22.2 Å². The number of nitrogens with zero attached hydrogens (tertiary/aromatic N) is 3. The van der Waals surface area contributed by atoms with Crippen molar-refractivity contribution < 1.29 is 4.79 Å². The molecule has 3 heterocycles. The zero-order valence-corrected chi connectivity index (χ0v) is 10.2. The molecule has 3 aromatic heterocycles. The molecule has 0 aromatic carbocycles. The molecule has 0 fully saturated rings. The van der Waals surface area contributed by atoms with Crippen LogP contribution >= 0.6 is 0 Å². The second kappa shape index (κ2) is 4.53. The molecule has 2 N–H and O–H groups in total. The van der Waals surface area contributed by atoms with Gasteiger partial charge in [0.15, 0.2) is 0 Å². The van der Waals surface area contributed by atoms with Crippen LogP contribution in [0.5, 0.6) is 0 Å². The van der Waals surface area contributed by atoms with Crippen LogP contribution in [0.15, 0.2) is 49.1 Å². The molecule has 3 aromatic rings.